The SMILES string of the molecule is CN(CC(=O)Nc1ccccc1)C(=O)CCc1nc(-c2ccc(F)cc2)no1. The lowest BCUT2D eigenvalue weighted by atomic mass is 10.2. The molecule has 0 fully saturated rings. The molecule has 0 saturated heterocycles. The van der Waals surface area contributed by atoms with Crippen molar-refractivity contribution in [3.8, 4) is 11.4 Å². The highest BCUT2D eigenvalue weighted by Crippen LogP contribution is 2.16. The largest absolute Gasteiger partial charge is 0.339 e. The maximum Gasteiger partial charge on any atom is 0.243 e. The summed E-state index contributed by atoms with van der Waals surface area (Å²) < 4.78 is 18.1. The average molecular weight is 382 g/mol. The minimum absolute atomic E-state index is 0.0572. The summed E-state index contributed by atoms with van der Waals surface area (Å²) in [5, 5.41) is 6.56. The number of likely N-dealkylation sites (N-methyl/N-ethyl adjacent to an activating group) is 1. The number of halogens is 1. The van der Waals surface area contributed by atoms with Crippen LogP contribution in [0.4, 0.5) is 10.1 Å². The number of carbonyl (C=O) groups excluding carboxylic acids is 2. The summed E-state index contributed by atoms with van der Waals surface area (Å²) in [6.45, 7) is -0.0572. The first kappa shape index (κ1) is 19.2. The van der Waals surface area contributed by atoms with Crippen molar-refractivity contribution in [3.05, 3.63) is 66.3 Å². The van der Waals surface area contributed by atoms with Gasteiger partial charge in [0.2, 0.25) is 23.5 Å². The Kier molecular flexibility index (Phi) is 6.11. The van der Waals surface area contributed by atoms with E-state index in [1.165, 1.54) is 17.0 Å². The monoisotopic (exact) mass is 382 g/mol. The van der Waals surface area contributed by atoms with Crippen LogP contribution in [0.1, 0.15) is 12.3 Å². The predicted molar refractivity (Wildman–Crippen MR) is 101 cm³/mol. The van der Waals surface area contributed by atoms with Crippen LogP contribution in [0.5, 0.6) is 0 Å². The molecule has 8 heteroatoms. The zero-order chi connectivity index (χ0) is 19.9. The molecule has 3 rings (SSSR count). The van der Waals surface area contributed by atoms with Crippen LogP contribution in [0.3, 0.4) is 0 Å². The fourth-order valence-corrected chi connectivity index (χ4v) is 2.50. The second kappa shape index (κ2) is 8.90. The number of para-hydroxylation sites is 1. The maximum atomic E-state index is 13.0. The van der Waals surface area contributed by atoms with E-state index in [2.05, 4.69) is 15.5 Å². The number of nitrogens with one attached hydrogen (secondary N) is 1. The Morgan fingerprint density at radius 3 is 2.54 bits per heavy atom. The Balaban J connectivity index is 1.48. The lowest BCUT2D eigenvalue weighted by molar-refractivity contribution is -0.133. The minimum Gasteiger partial charge on any atom is -0.339 e. The summed E-state index contributed by atoms with van der Waals surface area (Å²) in [6, 6.07) is 14.7. The normalized spacial score (nSPS) is 10.5. The van der Waals surface area contributed by atoms with Gasteiger partial charge in [-0.1, -0.05) is 23.4 Å². The molecular weight excluding hydrogens is 363 g/mol. The van der Waals surface area contributed by atoms with E-state index in [9.17, 15) is 14.0 Å². The third-order valence-electron chi connectivity index (χ3n) is 3.99. The molecule has 0 atom stereocenters. The molecule has 3 aromatic rings. The molecule has 1 heterocycles. The number of aromatic nitrogens is 2. The van der Waals surface area contributed by atoms with Gasteiger partial charge >= 0.3 is 0 Å². The third kappa shape index (κ3) is 5.23. The van der Waals surface area contributed by atoms with E-state index in [0.717, 1.165) is 0 Å². The van der Waals surface area contributed by atoms with Crippen molar-refractivity contribution in [2.45, 2.75) is 12.8 Å². The molecule has 0 spiro atoms. The number of hydrogen-bond acceptors (Lipinski definition) is 5. The van der Waals surface area contributed by atoms with E-state index in [4.69, 9.17) is 4.52 Å². The van der Waals surface area contributed by atoms with E-state index in [1.807, 2.05) is 18.2 Å². The standard InChI is InChI=1S/C20H19FN4O3/c1-25(13-17(26)22-16-5-3-2-4-6-16)19(27)12-11-18-23-20(24-28-18)14-7-9-15(21)10-8-14/h2-10H,11-13H2,1H3,(H,22,26). The Hall–Kier alpha value is -3.55. The molecule has 7 nitrogen and oxygen atoms in total. The number of rotatable bonds is 7. The van der Waals surface area contributed by atoms with Crippen LogP contribution >= 0.6 is 0 Å². The van der Waals surface area contributed by atoms with Crippen LogP contribution in [0, 0.1) is 5.82 Å². The van der Waals surface area contributed by atoms with Crippen LogP contribution in [-0.4, -0.2) is 40.4 Å². The fourth-order valence-electron chi connectivity index (χ4n) is 2.50. The average Bonchev–Trinajstić information content (AvgIpc) is 3.16. The molecule has 0 bridgehead atoms. The van der Waals surface area contributed by atoms with Crippen molar-refractivity contribution in [2.24, 2.45) is 0 Å². The highest BCUT2D eigenvalue weighted by Gasteiger charge is 2.15. The molecular formula is C20H19FN4O3. The van der Waals surface area contributed by atoms with Gasteiger partial charge in [0.25, 0.3) is 0 Å². The van der Waals surface area contributed by atoms with Crippen molar-refractivity contribution in [3.63, 3.8) is 0 Å². The first-order valence-electron chi connectivity index (χ1n) is 8.68. The summed E-state index contributed by atoms with van der Waals surface area (Å²) in [7, 11) is 1.56. The van der Waals surface area contributed by atoms with Gasteiger partial charge in [-0.05, 0) is 36.4 Å². The van der Waals surface area contributed by atoms with Gasteiger partial charge in [-0.3, -0.25) is 9.59 Å². The number of carbonyl (C=O) groups is 2. The van der Waals surface area contributed by atoms with Gasteiger partial charge in [-0.15, -0.1) is 0 Å². The van der Waals surface area contributed by atoms with Gasteiger partial charge in [0, 0.05) is 31.1 Å². The van der Waals surface area contributed by atoms with Gasteiger partial charge in [-0.25, -0.2) is 4.39 Å². The fraction of sp³-hybridized carbons (Fsp3) is 0.200. The molecule has 0 aliphatic heterocycles. The summed E-state index contributed by atoms with van der Waals surface area (Å²) in [5.41, 5.74) is 1.30. The second-order valence-electron chi connectivity index (χ2n) is 6.18. The quantitative estimate of drug-likeness (QED) is 0.679. The minimum atomic E-state index is -0.350. The molecule has 0 aliphatic rings. The van der Waals surface area contributed by atoms with Crippen molar-refractivity contribution in [1.82, 2.24) is 15.0 Å². The van der Waals surface area contributed by atoms with Crippen LogP contribution in [0.25, 0.3) is 11.4 Å². The molecule has 1 N–H and O–H groups in total. The summed E-state index contributed by atoms with van der Waals surface area (Å²) in [6.07, 6.45) is 0.373. The van der Waals surface area contributed by atoms with Crippen LogP contribution in [0.2, 0.25) is 0 Å². The van der Waals surface area contributed by atoms with Crippen LogP contribution in [-0.2, 0) is 16.0 Å². The van der Waals surface area contributed by atoms with Crippen molar-refractivity contribution in [1.29, 1.82) is 0 Å². The molecule has 2 amide bonds. The van der Waals surface area contributed by atoms with E-state index in [1.54, 1.807) is 31.3 Å². The number of anilines is 1. The first-order valence-corrected chi connectivity index (χ1v) is 8.68. The molecule has 0 radical (unpaired) electrons. The Bertz CT molecular complexity index is 942. The number of benzene rings is 2. The first-order chi connectivity index (χ1) is 13.5. The number of aryl methyl sites for hydroxylation is 1. The molecule has 28 heavy (non-hydrogen) atoms. The molecule has 0 saturated carbocycles. The lowest BCUT2D eigenvalue weighted by Crippen LogP contribution is -2.35. The Labute approximate surface area is 161 Å². The molecule has 1 aromatic heterocycles. The smallest absolute Gasteiger partial charge is 0.243 e. The maximum absolute atomic E-state index is 13.0. The van der Waals surface area contributed by atoms with Crippen LogP contribution in [0.15, 0.2) is 59.1 Å². The van der Waals surface area contributed by atoms with Crippen molar-refractivity contribution < 1.29 is 18.5 Å². The topological polar surface area (TPSA) is 88.3 Å². The summed E-state index contributed by atoms with van der Waals surface area (Å²) in [4.78, 5) is 29.8. The lowest BCUT2D eigenvalue weighted by Gasteiger charge is -2.16. The number of hydrogen-bond donors (Lipinski definition) is 1. The van der Waals surface area contributed by atoms with E-state index >= 15 is 0 Å². The van der Waals surface area contributed by atoms with Gasteiger partial charge in [0.05, 0.1) is 6.54 Å². The van der Waals surface area contributed by atoms with Crippen molar-refractivity contribution in [2.75, 3.05) is 18.9 Å². The summed E-state index contributed by atoms with van der Waals surface area (Å²) in [5.74, 6) is -0.214. The number of amides is 2. The van der Waals surface area contributed by atoms with Crippen LogP contribution < -0.4 is 5.32 Å². The Morgan fingerprint density at radius 1 is 1.11 bits per heavy atom. The van der Waals surface area contributed by atoms with Gasteiger partial charge in [-0.2, -0.15) is 4.98 Å². The van der Waals surface area contributed by atoms with E-state index in [-0.39, 0.29) is 37.0 Å². The van der Waals surface area contributed by atoms with Gasteiger partial charge in [0.15, 0.2) is 0 Å². The zero-order valence-corrected chi connectivity index (χ0v) is 15.3. The van der Waals surface area contributed by atoms with E-state index < -0.39 is 0 Å². The highest BCUT2D eigenvalue weighted by atomic mass is 19.1. The zero-order valence-electron chi connectivity index (χ0n) is 15.3. The highest BCUT2D eigenvalue weighted by molar-refractivity contribution is 5.94. The van der Waals surface area contributed by atoms with E-state index in [0.29, 0.717) is 23.0 Å². The van der Waals surface area contributed by atoms with Gasteiger partial charge < -0.3 is 14.7 Å². The molecule has 0 aliphatic carbocycles. The molecule has 2 aromatic carbocycles. The van der Waals surface area contributed by atoms with Gasteiger partial charge in [0.1, 0.15) is 5.82 Å². The molecule has 0 unspecified atom stereocenters. The number of nitrogens with zero attached hydrogens (tertiary/aromatic N) is 3. The summed E-state index contributed by atoms with van der Waals surface area (Å²) >= 11 is 0. The second-order valence-corrected chi connectivity index (χ2v) is 6.18. The molecule has 144 valence electrons. The Morgan fingerprint density at radius 2 is 1.82 bits per heavy atom. The third-order valence-corrected chi connectivity index (χ3v) is 3.99. The van der Waals surface area contributed by atoms with Crippen molar-refractivity contribution >= 4 is 17.5 Å². The predicted octanol–water partition coefficient (Wildman–Crippen LogP) is 2.91.